The number of nitrogens with one attached hydrogen (secondary N) is 1. The Balaban J connectivity index is 1.21. The fraction of sp³-hybridized carbons (Fsp3) is 0.333. The second kappa shape index (κ2) is 13.0. The Hall–Kier alpha value is -4.28. The SMILES string of the molecule is Cc1cc(Oc2ccc3c(c2)cc(C(=O)N2CCN(C(=O)OC(C)(C)C)CC2)n3C)ncc1NCC(=O)c1ccc(Cl)c(Cl)c1. The van der Waals surface area contributed by atoms with Crippen LogP contribution in [-0.2, 0) is 11.8 Å². The number of amides is 2. The van der Waals surface area contributed by atoms with Crippen LogP contribution in [0.2, 0.25) is 10.0 Å². The molecule has 5 rings (SSSR count). The predicted molar refractivity (Wildman–Crippen MR) is 175 cm³/mol. The van der Waals surface area contributed by atoms with Gasteiger partial charge >= 0.3 is 6.09 Å². The molecule has 0 bridgehead atoms. The first-order valence-electron chi connectivity index (χ1n) is 14.5. The van der Waals surface area contributed by atoms with E-state index in [0.29, 0.717) is 64.8 Å². The zero-order valence-corrected chi connectivity index (χ0v) is 27.3. The molecule has 1 fully saturated rings. The fourth-order valence-corrected chi connectivity index (χ4v) is 5.31. The third-order valence-corrected chi connectivity index (χ3v) is 8.18. The molecular formula is C33H35Cl2N5O5. The number of ether oxygens (including phenoxy) is 2. The summed E-state index contributed by atoms with van der Waals surface area (Å²) in [5.41, 5.74) is 2.87. The standard InChI is InChI=1S/C33H35Cl2N5O5/c1-20-14-30(37-18-26(20)36-19-29(41)21-6-8-24(34)25(35)16-21)44-23-7-9-27-22(15-23)17-28(38(27)5)31(42)39-10-12-40(13-11-39)32(43)45-33(2,3)4/h6-9,14-18,36H,10-13,19H2,1-5H3. The van der Waals surface area contributed by atoms with Gasteiger partial charge in [0.2, 0.25) is 5.88 Å². The molecule has 1 aliphatic heterocycles. The van der Waals surface area contributed by atoms with E-state index in [1.54, 1.807) is 40.3 Å². The van der Waals surface area contributed by atoms with E-state index in [9.17, 15) is 14.4 Å². The van der Waals surface area contributed by atoms with Crippen molar-refractivity contribution in [2.45, 2.75) is 33.3 Å². The van der Waals surface area contributed by atoms with Crippen molar-refractivity contribution in [3.63, 3.8) is 0 Å². The molecule has 1 saturated heterocycles. The number of halogens is 2. The van der Waals surface area contributed by atoms with Crippen LogP contribution in [0.4, 0.5) is 10.5 Å². The number of fused-ring (bicyclic) bond motifs is 1. The Morgan fingerprint density at radius 2 is 1.64 bits per heavy atom. The van der Waals surface area contributed by atoms with Gasteiger partial charge in [0.15, 0.2) is 5.78 Å². The predicted octanol–water partition coefficient (Wildman–Crippen LogP) is 6.97. The number of aromatic nitrogens is 2. The van der Waals surface area contributed by atoms with Crippen molar-refractivity contribution in [1.29, 1.82) is 0 Å². The van der Waals surface area contributed by atoms with Crippen LogP contribution in [0.1, 0.15) is 47.2 Å². The van der Waals surface area contributed by atoms with Crippen LogP contribution in [0.15, 0.2) is 54.7 Å². The Morgan fingerprint density at radius 1 is 0.933 bits per heavy atom. The molecule has 0 radical (unpaired) electrons. The molecule has 12 heteroatoms. The van der Waals surface area contributed by atoms with E-state index in [1.807, 2.05) is 63.6 Å². The maximum Gasteiger partial charge on any atom is 0.410 e. The van der Waals surface area contributed by atoms with Gasteiger partial charge in [0, 0.05) is 55.8 Å². The Morgan fingerprint density at radius 3 is 2.31 bits per heavy atom. The summed E-state index contributed by atoms with van der Waals surface area (Å²) in [6.07, 6.45) is 1.25. The number of hydrogen-bond acceptors (Lipinski definition) is 7. The van der Waals surface area contributed by atoms with Crippen LogP contribution in [0.25, 0.3) is 10.9 Å². The number of ketones is 1. The minimum atomic E-state index is -0.568. The largest absolute Gasteiger partial charge is 0.444 e. The molecule has 3 heterocycles. The summed E-state index contributed by atoms with van der Waals surface area (Å²) in [6, 6.07) is 14.0. The lowest BCUT2D eigenvalue weighted by atomic mass is 10.1. The van der Waals surface area contributed by atoms with Crippen LogP contribution >= 0.6 is 23.2 Å². The maximum absolute atomic E-state index is 13.4. The average Bonchev–Trinajstić information content (AvgIpc) is 3.32. The van der Waals surface area contributed by atoms with Gasteiger partial charge in [-0.3, -0.25) is 9.59 Å². The number of benzene rings is 2. The van der Waals surface area contributed by atoms with Gasteiger partial charge in [-0.1, -0.05) is 23.2 Å². The molecule has 45 heavy (non-hydrogen) atoms. The number of pyridine rings is 1. The first-order valence-corrected chi connectivity index (χ1v) is 15.3. The van der Waals surface area contributed by atoms with Crippen molar-refractivity contribution in [1.82, 2.24) is 19.4 Å². The van der Waals surface area contributed by atoms with Crippen molar-refractivity contribution in [3.05, 3.63) is 81.6 Å². The van der Waals surface area contributed by atoms with Crippen LogP contribution in [0, 0.1) is 6.92 Å². The Labute approximate surface area is 271 Å². The van der Waals surface area contributed by atoms with Crippen molar-refractivity contribution >= 4 is 57.6 Å². The second-order valence-electron chi connectivity index (χ2n) is 11.9. The number of carbonyl (C=O) groups excluding carboxylic acids is 3. The molecule has 2 aromatic heterocycles. The van der Waals surface area contributed by atoms with Gasteiger partial charge in [0.1, 0.15) is 17.0 Å². The molecule has 0 aliphatic carbocycles. The third kappa shape index (κ3) is 7.51. The topological polar surface area (TPSA) is 106 Å². The molecule has 0 unspecified atom stereocenters. The molecular weight excluding hydrogens is 617 g/mol. The lowest BCUT2D eigenvalue weighted by Gasteiger charge is -2.35. The number of carbonyl (C=O) groups is 3. The summed E-state index contributed by atoms with van der Waals surface area (Å²) in [6.45, 7) is 9.13. The Bertz CT molecular complexity index is 1770. The summed E-state index contributed by atoms with van der Waals surface area (Å²) in [4.78, 5) is 46.2. The van der Waals surface area contributed by atoms with Gasteiger partial charge in [-0.2, -0.15) is 0 Å². The summed E-state index contributed by atoms with van der Waals surface area (Å²) in [5, 5.41) is 4.68. The highest BCUT2D eigenvalue weighted by Gasteiger charge is 2.29. The molecule has 1 aliphatic rings. The normalized spacial score (nSPS) is 13.6. The minimum absolute atomic E-state index is 0.0613. The second-order valence-corrected chi connectivity index (χ2v) is 12.7. The van der Waals surface area contributed by atoms with Gasteiger partial charge in [-0.15, -0.1) is 0 Å². The number of piperazine rings is 1. The van der Waals surface area contributed by atoms with E-state index < -0.39 is 5.60 Å². The lowest BCUT2D eigenvalue weighted by Crippen LogP contribution is -2.51. The molecule has 0 atom stereocenters. The monoisotopic (exact) mass is 651 g/mol. The zero-order chi connectivity index (χ0) is 32.5. The van der Waals surface area contributed by atoms with Gasteiger partial charge < -0.3 is 29.2 Å². The number of nitrogens with zero attached hydrogens (tertiary/aromatic N) is 4. The first kappa shape index (κ1) is 32.1. The highest BCUT2D eigenvalue weighted by Crippen LogP contribution is 2.29. The molecule has 0 spiro atoms. The van der Waals surface area contributed by atoms with Gasteiger partial charge in [-0.25, -0.2) is 9.78 Å². The van der Waals surface area contributed by atoms with Crippen molar-refractivity contribution in [3.8, 4) is 11.6 Å². The van der Waals surface area contributed by atoms with E-state index in [2.05, 4.69) is 10.3 Å². The highest BCUT2D eigenvalue weighted by molar-refractivity contribution is 6.42. The van der Waals surface area contributed by atoms with Crippen LogP contribution < -0.4 is 10.1 Å². The summed E-state index contributed by atoms with van der Waals surface area (Å²) in [5.74, 6) is 0.729. The van der Waals surface area contributed by atoms with Gasteiger partial charge in [0.25, 0.3) is 5.91 Å². The number of Topliss-reactive ketones (excluding diaryl/α,β-unsaturated/α-hetero) is 1. The van der Waals surface area contributed by atoms with Gasteiger partial charge in [-0.05, 0) is 75.7 Å². The van der Waals surface area contributed by atoms with Crippen LogP contribution in [0.3, 0.4) is 0 Å². The molecule has 0 saturated carbocycles. The zero-order valence-electron chi connectivity index (χ0n) is 25.8. The number of hydrogen-bond donors (Lipinski definition) is 1. The molecule has 10 nitrogen and oxygen atoms in total. The van der Waals surface area contributed by atoms with Crippen molar-refractivity contribution in [2.24, 2.45) is 7.05 Å². The smallest absolute Gasteiger partial charge is 0.410 e. The molecule has 2 aromatic carbocycles. The van der Waals surface area contributed by atoms with Crippen molar-refractivity contribution < 1.29 is 23.9 Å². The number of rotatable bonds is 7. The van der Waals surface area contributed by atoms with E-state index >= 15 is 0 Å². The average molecular weight is 653 g/mol. The third-order valence-electron chi connectivity index (χ3n) is 7.44. The summed E-state index contributed by atoms with van der Waals surface area (Å²) >= 11 is 12.0. The van der Waals surface area contributed by atoms with E-state index in [-0.39, 0.29) is 24.3 Å². The van der Waals surface area contributed by atoms with E-state index in [4.69, 9.17) is 32.7 Å². The molecule has 1 N–H and O–H groups in total. The molecule has 236 valence electrons. The molecule has 2 amide bonds. The van der Waals surface area contributed by atoms with Crippen LogP contribution in [-0.4, -0.2) is 75.5 Å². The number of anilines is 1. The summed E-state index contributed by atoms with van der Waals surface area (Å²) < 4.78 is 13.4. The van der Waals surface area contributed by atoms with E-state index in [1.165, 1.54) is 0 Å². The van der Waals surface area contributed by atoms with Gasteiger partial charge in [0.05, 0.1) is 28.5 Å². The number of aryl methyl sites for hydroxylation is 2. The first-order chi connectivity index (χ1) is 21.3. The fourth-order valence-electron chi connectivity index (χ4n) is 5.02. The lowest BCUT2D eigenvalue weighted by molar-refractivity contribution is 0.0139. The quantitative estimate of drug-likeness (QED) is 0.215. The Kier molecular flexibility index (Phi) is 9.27. The minimum Gasteiger partial charge on any atom is -0.444 e. The van der Waals surface area contributed by atoms with Crippen molar-refractivity contribution in [2.75, 3.05) is 38.0 Å². The van der Waals surface area contributed by atoms with Crippen LogP contribution in [0.5, 0.6) is 11.6 Å². The maximum atomic E-state index is 13.4. The highest BCUT2D eigenvalue weighted by atomic mass is 35.5. The van der Waals surface area contributed by atoms with E-state index in [0.717, 1.165) is 16.5 Å². The molecule has 4 aromatic rings. The summed E-state index contributed by atoms with van der Waals surface area (Å²) in [7, 11) is 1.86.